The van der Waals surface area contributed by atoms with Gasteiger partial charge in [0, 0.05) is 10.8 Å². The Balaban J connectivity index is 2.50. The van der Waals surface area contributed by atoms with Crippen LogP contribution in [0.4, 0.5) is 0 Å². The molecule has 0 bridgehead atoms. The highest BCUT2D eigenvalue weighted by Crippen LogP contribution is 2.45. The summed E-state index contributed by atoms with van der Waals surface area (Å²) in [5.74, 6) is -0.0379. The number of methoxy groups -OCH3 is 1. The van der Waals surface area contributed by atoms with Gasteiger partial charge in [0.15, 0.2) is 5.75 Å². The third-order valence-corrected chi connectivity index (χ3v) is 4.39. The zero-order valence-electron chi connectivity index (χ0n) is 13.2. The number of cyclic esters (lactones) is 1. The second-order valence-corrected chi connectivity index (χ2v) is 7.14. The lowest BCUT2D eigenvalue weighted by atomic mass is 9.95. The maximum Gasteiger partial charge on any atom is 0.342 e. The first kappa shape index (κ1) is 15.6. The molecule has 6 nitrogen and oxygen atoms in total. The number of ether oxygens (including phenoxy) is 2. The van der Waals surface area contributed by atoms with Gasteiger partial charge in [-0.2, -0.15) is 8.42 Å². The first-order valence-corrected chi connectivity index (χ1v) is 8.75. The van der Waals surface area contributed by atoms with Crippen molar-refractivity contribution in [3.8, 4) is 11.5 Å². The Hall–Kier alpha value is -2.28. The second kappa shape index (κ2) is 5.13. The number of hydrogen-bond donors (Lipinski definition) is 0. The molecule has 122 valence electrons. The monoisotopic (exact) mass is 336 g/mol. The zero-order chi connectivity index (χ0) is 16.9. The van der Waals surface area contributed by atoms with Crippen molar-refractivity contribution in [1.29, 1.82) is 0 Å². The average Bonchev–Trinajstić information content (AvgIpc) is 2.82. The van der Waals surface area contributed by atoms with Gasteiger partial charge in [-0.15, -0.1) is 0 Å². The molecule has 0 aromatic heterocycles. The number of esters is 1. The number of hydrogen-bond acceptors (Lipinski definition) is 6. The Bertz CT molecular complexity index is 943. The summed E-state index contributed by atoms with van der Waals surface area (Å²) in [5.41, 5.74) is 2.59. The first-order valence-electron chi connectivity index (χ1n) is 6.93. The average molecular weight is 336 g/mol. The molecular formula is C16H16O6S. The number of carbonyl (C=O) groups excluding carboxylic acids is 1. The van der Waals surface area contributed by atoms with Crippen LogP contribution in [0.1, 0.15) is 27.0 Å². The third kappa shape index (κ3) is 2.50. The largest absolute Gasteiger partial charge is 0.495 e. The number of benzene rings is 2. The van der Waals surface area contributed by atoms with Gasteiger partial charge in [-0.1, -0.05) is 0 Å². The van der Waals surface area contributed by atoms with E-state index >= 15 is 0 Å². The summed E-state index contributed by atoms with van der Waals surface area (Å²) in [6.07, 6.45) is 0.966. The van der Waals surface area contributed by atoms with Gasteiger partial charge in [-0.25, -0.2) is 4.79 Å². The summed E-state index contributed by atoms with van der Waals surface area (Å²) in [4.78, 5) is 12.1. The predicted octanol–water partition coefficient (Wildman–Crippen LogP) is 2.47. The maximum atomic E-state index is 12.1. The van der Waals surface area contributed by atoms with Gasteiger partial charge in [-0.3, -0.25) is 0 Å². The van der Waals surface area contributed by atoms with Crippen LogP contribution in [-0.2, 0) is 21.5 Å². The minimum absolute atomic E-state index is 0.0434. The zero-order valence-corrected chi connectivity index (χ0v) is 14.0. The molecule has 0 fully saturated rings. The Morgan fingerprint density at radius 1 is 1.09 bits per heavy atom. The Labute approximate surface area is 134 Å². The Kier molecular flexibility index (Phi) is 3.48. The van der Waals surface area contributed by atoms with E-state index < -0.39 is 16.1 Å². The second-order valence-electron chi connectivity index (χ2n) is 5.56. The van der Waals surface area contributed by atoms with Crippen LogP contribution >= 0.6 is 0 Å². The van der Waals surface area contributed by atoms with Gasteiger partial charge < -0.3 is 13.7 Å². The minimum Gasteiger partial charge on any atom is -0.495 e. The summed E-state index contributed by atoms with van der Waals surface area (Å²) in [6, 6.07) is 3.68. The van der Waals surface area contributed by atoms with Crippen LogP contribution in [0.3, 0.4) is 0 Å². The quantitative estimate of drug-likeness (QED) is 0.633. The number of carbonyl (C=O) groups is 1. The minimum atomic E-state index is -3.76. The van der Waals surface area contributed by atoms with Crippen LogP contribution in [0.25, 0.3) is 10.8 Å². The van der Waals surface area contributed by atoms with Crippen LogP contribution in [0.2, 0.25) is 0 Å². The van der Waals surface area contributed by atoms with E-state index in [4.69, 9.17) is 13.7 Å². The van der Waals surface area contributed by atoms with E-state index in [1.54, 1.807) is 0 Å². The van der Waals surface area contributed by atoms with Crippen LogP contribution in [-0.4, -0.2) is 27.8 Å². The van der Waals surface area contributed by atoms with Crippen LogP contribution < -0.4 is 8.92 Å². The molecule has 3 rings (SSSR count). The third-order valence-electron chi connectivity index (χ3n) is 3.92. The fourth-order valence-corrected chi connectivity index (χ4v) is 3.25. The van der Waals surface area contributed by atoms with Gasteiger partial charge in [0.05, 0.1) is 18.9 Å². The molecule has 0 atom stereocenters. The van der Waals surface area contributed by atoms with E-state index in [1.807, 2.05) is 26.0 Å². The number of fused-ring (bicyclic) bond motifs is 2. The molecule has 0 amide bonds. The molecule has 0 N–H and O–H groups in total. The van der Waals surface area contributed by atoms with Crippen molar-refractivity contribution in [2.45, 2.75) is 20.5 Å². The number of rotatable bonds is 3. The summed E-state index contributed by atoms with van der Waals surface area (Å²) in [7, 11) is -2.29. The molecule has 0 saturated carbocycles. The fraction of sp³-hybridized carbons (Fsp3) is 0.312. The van der Waals surface area contributed by atoms with Crippen LogP contribution in [0, 0.1) is 13.8 Å². The van der Waals surface area contributed by atoms with E-state index in [0.717, 1.165) is 17.4 Å². The summed E-state index contributed by atoms with van der Waals surface area (Å²) in [6.45, 7) is 3.80. The van der Waals surface area contributed by atoms with Crippen LogP contribution in [0.15, 0.2) is 12.1 Å². The molecule has 0 spiro atoms. The normalized spacial score (nSPS) is 13.8. The molecule has 1 heterocycles. The summed E-state index contributed by atoms with van der Waals surface area (Å²) in [5, 5.41) is 1.19. The Morgan fingerprint density at radius 2 is 1.65 bits per heavy atom. The highest BCUT2D eigenvalue weighted by Gasteiger charge is 2.33. The predicted molar refractivity (Wildman–Crippen MR) is 84.6 cm³/mol. The molecule has 1 aliphatic heterocycles. The van der Waals surface area contributed by atoms with Crippen molar-refractivity contribution in [2.75, 3.05) is 13.4 Å². The topological polar surface area (TPSA) is 78.9 Å². The molecule has 0 radical (unpaired) electrons. The first-order chi connectivity index (χ1) is 10.7. The van der Waals surface area contributed by atoms with Gasteiger partial charge in [-0.05, 0) is 37.1 Å². The lowest BCUT2D eigenvalue weighted by Gasteiger charge is -2.16. The van der Waals surface area contributed by atoms with E-state index in [2.05, 4.69) is 0 Å². The van der Waals surface area contributed by atoms with Crippen molar-refractivity contribution >= 4 is 26.9 Å². The molecule has 1 aliphatic rings. The lowest BCUT2D eigenvalue weighted by Crippen LogP contribution is -2.09. The smallest absolute Gasteiger partial charge is 0.342 e. The molecule has 0 aliphatic carbocycles. The van der Waals surface area contributed by atoms with Gasteiger partial charge in [0.2, 0.25) is 0 Å². The molecule has 7 heteroatoms. The van der Waals surface area contributed by atoms with Gasteiger partial charge >= 0.3 is 16.1 Å². The van der Waals surface area contributed by atoms with Crippen molar-refractivity contribution in [3.63, 3.8) is 0 Å². The van der Waals surface area contributed by atoms with E-state index in [9.17, 15) is 13.2 Å². The fourth-order valence-electron chi connectivity index (χ4n) is 2.76. The molecule has 0 saturated heterocycles. The molecule has 23 heavy (non-hydrogen) atoms. The van der Waals surface area contributed by atoms with Crippen molar-refractivity contribution in [2.24, 2.45) is 0 Å². The molecule has 0 unspecified atom stereocenters. The van der Waals surface area contributed by atoms with Crippen molar-refractivity contribution in [1.82, 2.24) is 0 Å². The standard InChI is InChI=1S/C16H16O6S/c1-8-5-10-11(6-9(8)2)15(20-3)13-12(7-21-16(13)17)14(10)22-23(4,18)19/h5-6H,7H2,1-4H3. The SMILES string of the molecule is COc1c2c(c(OS(C)(=O)=O)c3cc(C)c(C)cc13)COC2=O. The van der Waals surface area contributed by atoms with Gasteiger partial charge in [0.25, 0.3) is 0 Å². The van der Waals surface area contributed by atoms with Gasteiger partial charge in [0.1, 0.15) is 17.9 Å². The summed E-state index contributed by atoms with van der Waals surface area (Å²) >= 11 is 0. The van der Waals surface area contributed by atoms with E-state index in [0.29, 0.717) is 22.1 Å². The molecular weight excluding hydrogens is 320 g/mol. The molecule has 2 aromatic carbocycles. The lowest BCUT2D eigenvalue weighted by molar-refractivity contribution is 0.0532. The number of aryl methyl sites for hydroxylation is 2. The highest BCUT2D eigenvalue weighted by atomic mass is 32.2. The van der Waals surface area contributed by atoms with Crippen molar-refractivity contribution in [3.05, 3.63) is 34.4 Å². The van der Waals surface area contributed by atoms with E-state index in [-0.39, 0.29) is 17.9 Å². The molecule has 2 aromatic rings. The van der Waals surface area contributed by atoms with E-state index in [1.165, 1.54) is 7.11 Å². The highest BCUT2D eigenvalue weighted by molar-refractivity contribution is 7.86. The van der Waals surface area contributed by atoms with Crippen LogP contribution in [0.5, 0.6) is 11.5 Å². The van der Waals surface area contributed by atoms with Crippen molar-refractivity contribution < 1.29 is 26.9 Å². The Morgan fingerprint density at radius 3 is 2.17 bits per heavy atom. The summed E-state index contributed by atoms with van der Waals surface area (Å²) < 4.78 is 39.0. The maximum absolute atomic E-state index is 12.1.